The molecular weight excluding hydrogens is 405 g/mol. The van der Waals surface area contributed by atoms with Crippen molar-refractivity contribution in [1.29, 1.82) is 0 Å². The van der Waals surface area contributed by atoms with E-state index >= 15 is 0 Å². The molecule has 30 heavy (non-hydrogen) atoms. The zero-order valence-electron chi connectivity index (χ0n) is 15.9. The highest BCUT2D eigenvalue weighted by atomic mass is 32.1. The third kappa shape index (κ3) is 4.95. The molecule has 0 saturated carbocycles. The molecule has 0 fully saturated rings. The number of aldehydes is 1. The Bertz CT molecular complexity index is 1170. The van der Waals surface area contributed by atoms with Crippen molar-refractivity contribution in [3.8, 4) is 0 Å². The van der Waals surface area contributed by atoms with Gasteiger partial charge >= 0.3 is 0 Å². The van der Waals surface area contributed by atoms with Crippen LogP contribution < -0.4 is 16.4 Å². The summed E-state index contributed by atoms with van der Waals surface area (Å²) in [5.74, 6) is -0.871. The topological polar surface area (TPSA) is 110 Å². The van der Waals surface area contributed by atoms with E-state index in [4.69, 9.17) is 5.73 Å². The van der Waals surface area contributed by atoms with Crippen LogP contribution in [0.1, 0.15) is 20.8 Å². The van der Waals surface area contributed by atoms with Crippen molar-refractivity contribution >= 4 is 50.3 Å². The number of aromatic nitrogens is 2. The highest BCUT2D eigenvalue weighted by molar-refractivity contribution is 7.19. The quantitative estimate of drug-likeness (QED) is 0.415. The number of nitrogens with two attached hydrogens (primary N) is 1. The Kier molecular flexibility index (Phi) is 6.66. The Hall–Kier alpha value is -3.85. The van der Waals surface area contributed by atoms with Crippen LogP contribution in [-0.2, 0) is 0 Å². The summed E-state index contributed by atoms with van der Waals surface area (Å²) in [6, 6.07) is 15.0. The molecule has 7 nitrogen and oxygen atoms in total. The minimum absolute atomic E-state index is 0.239. The molecular formula is C21H18FN5O2S. The largest absolute Gasteiger partial charge is 0.378 e. The van der Waals surface area contributed by atoms with Crippen LogP contribution in [0.3, 0.4) is 0 Å². The number of thiazole rings is 1. The lowest BCUT2D eigenvalue weighted by Crippen LogP contribution is -2.13. The number of nitrogens with one attached hydrogen (secondary N) is 2. The number of amides is 1. The van der Waals surface area contributed by atoms with E-state index in [2.05, 4.69) is 20.6 Å². The number of pyridine rings is 1. The number of benzene rings is 2. The van der Waals surface area contributed by atoms with Gasteiger partial charge in [-0.1, -0.05) is 29.5 Å². The van der Waals surface area contributed by atoms with Crippen molar-refractivity contribution in [2.75, 3.05) is 17.7 Å². The van der Waals surface area contributed by atoms with Gasteiger partial charge in [-0.25, -0.2) is 9.37 Å². The molecule has 0 spiro atoms. The number of anilines is 3. The van der Waals surface area contributed by atoms with E-state index in [1.165, 1.54) is 35.6 Å². The third-order valence-corrected chi connectivity index (χ3v) is 4.97. The number of halogens is 1. The minimum atomic E-state index is -0.553. The third-order valence-electron chi connectivity index (χ3n) is 3.98. The lowest BCUT2D eigenvalue weighted by Gasteiger charge is -2.06. The summed E-state index contributed by atoms with van der Waals surface area (Å²) in [6.07, 6.45) is 2.41. The molecule has 0 aliphatic heterocycles. The summed E-state index contributed by atoms with van der Waals surface area (Å²) < 4.78 is 12.1. The van der Waals surface area contributed by atoms with Crippen molar-refractivity contribution in [2.24, 2.45) is 5.73 Å². The maximum atomic E-state index is 12.1. The number of hydrogen-bond donors (Lipinski definition) is 3. The summed E-state index contributed by atoms with van der Waals surface area (Å²) in [4.78, 5) is 29.9. The predicted octanol–water partition coefficient (Wildman–Crippen LogP) is 4.21. The average Bonchev–Trinajstić information content (AvgIpc) is 3.18. The molecule has 4 aromatic rings. The lowest BCUT2D eigenvalue weighted by atomic mass is 10.2. The van der Waals surface area contributed by atoms with Gasteiger partial charge in [0.05, 0.1) is 11.2 Å². The summed E-state index contributed by atoms with van der Waals surface area (Å²) in [7, 11) is 1.73. The molecule has 0 aliphatic rings. The van der Waals surface area contributed by atoms with Crippen LogP contribution in [0.4, 0.5) is 20.2 Å². The van der Waals surface area contributed by atoms with Crippen molar-refractivity contribution < 1.29 is 14.0 Å². The van der Waals surface area contributed by atoms with Gasteiger partial charge in [0.1, 0.15) is 17.1 Å². The first kappa shape index (κ1) is 20.9. The van der Waals surface area contributed by atoms with Crippen LogP contribution >= 0.6 is 11.3 Å². The van der Waals surface area contributed by atoms with Crippen LogP contribution in [0, 0.1) is 5.82 Å². The molecule has 0 saturated heterocycles. The predicted molar refractivity (Wildman–Crippen MR) is 117 cm³/mol. The van der Waals surface area contributed by atoms with Gasteiger partial charge in [0, 0.05) is 24.2 Å². The number of primary amides is 1. The summed E-state index contributed by atoms with van der Waals surface area (Å²) in [6.45, 7) is 0. The van der Waals surface area contributed by atoms with Crippen LogP contribution in [0.5, 0.6) is 0 Å². The fourth-order valence-electron chi connectivity index (χ4n) is 2.57. The van der Waals surface area contributed by atoms with Crippen molar-refractivity contribution in [3.63, 3.8) is 0 Å². The lowest BCUT2D eigenvalue weighted by molar-refractivity contribution is 0.0996. The molecule has 4 N–H and O–H groups in total. The first-order valence-corrected chi connectivity index (χ1v) is 9.63. The molecule has 0 bridgehead atoms. The maximum Gasteiger partial charge on any atom is 0.270 e. The van der Waals surface area contributed by atoms with Gasteiger partial charge < -0.3 is 16.4 Å². The van der Waals surface area contributed by atoms with Crippen LogP contribution in [0.15, 0.2) is 60.8 Å². The second-order valence-electron chi connectivity index (χ2n) is 5.98. The smallest absolute Gasteiger partial charge is 0.270 e. The van der Waals surface area contributed by atoms with Crippen LogP contribution in [-0.4, -0.2) is 29.2 Å². The molecule has 2 aromatic carbocycles. The molecule has 0 unspecified atom stereocenters. The first-order chi connectivity index (χ1) is 14.5. The van der Waals surface area contributed by atoms with E-state index in [-0.39, 0.29) is 11.5 Å². The molecule has 0 radical (unpaired) electrons. The number of para-hydroxylation sites is 1. The Morgan fingerprint density at radius 2 is 1.87 bits per heavy atom. The maximum absolute atomic E-state index is 12.1. The first-order valence-electron chi connectivity index (χ1n) is 8.81. The number of fused-ring (bicyclic) bond motifs is 1. The summed E-state index contributed by atoms with van der Waals surface area (Å²) >= 11 is 1.34. The van der Waals surface area contributed by atoms with Gasteiger partial charge in [-0.05, 0) is 36.4 Å². The molecule has 9 heteroatoms. The van der Waals surface area contributed by atoms with Gasteiger partial charge in [0.15, 0.2) is 10.8 Å². The van der Waals surface area contributed by atoms with Gasteiger partial charge in [0.2, 0.25) is 0 Å². The van der Waals surface area contributed by atoms with E-state index in [0.717, 1.165) is 16.6 Å². The van der Waals surface area contributed by atoms with Gasteiger partial charge in [-0.15, -0.1) is 0 Å². The number of hydrogen-bond acceptors (Lipinski definition) is 7. The second kappa shape index (κ2) is 9.57. The zero-order valence-corrected chi connectivity index (χ0v) is 16.7. The molecule has 152 valence electrons. The van der Waals surface area contributed by atoms with Crippen molar-refractivity contribution in [3.05, 3.63) is 77.9 Å². The Balaban J connectivity index is 0.000000239. The highest BCUT2D eigenvalue weighted by Crippen LogP contribution is 2.32. The van der Waals surface area contributed by atoms with Crippen molar-refractivity contribution in [2.45, 2.75) is 0 Å². The van der Waals surface area contributed by atoms with Crippen molar-refractivity contribution in [1.82, 2.24) is 9.97 Å². The van der Waals surface area contributed by atoms with E-state index in [0.29, 0.717) is 22.0 Å². The molecule has 0 aliphatic carbocycles. The van der Waals surface area contributed by atoms with Gasteiger partial charge in [-0.2, -0.15) is 0 Å². The molecule has 0 atom stereocenters. The van der Waals surface area contributed by atoms with Gasteiger partial charge in [0.25, 0.3) is 5.91 Å². The monoisotopic (exact) mass is 423 g/mol. The molecule has 4 rings (SSSR count). The van der Waals surface area contributed by atoms with Gasteiger partial charge in [-0.3, -0.25) is 14.6 Å². The van der Waals surface area contributed by atoms with E-state index in [1.54, 1.807) is 13.2 Å². The number of carbonyl (C=O) groups excluding carboxylic acids is 2. The van der Waals surface area contributed by atoms with Crippen LogP contribution in [0.2, 0.25) is 0 Å². The SMILES string of the molecule is CNc1sc(Nc2ccnc3ccccc23)nc1C(N)=O.O=Cc1ccc(F)cc1. The summed E-state index contributed by atoms with van der Waals surface area (Å²) in [5.41, 5.74) is 7.82. The normalized spacial score (nSPS) is 10.1. The highest BCUT2D eigenvalue weighted by Gasteiger charge is 2.15. The standard InChI is InChI=1S/C14H13N5OS.C7H5FO/c1-16-13-11(12(15)20)19-14(21-13)18-10-6-7-17-9-5-3-2-4-8(9)10;8-7-3-1-6(5-9)2-4-7/h2-7,16H,1H3,(H2,15,20)(H,17,18,19);1-5H. The Labute approximate surface area is 175 Å². The Morgan fingerprint density at radius 3 is 2.50 bits per heavy atom. The summed E-state index contributed by atoms with van der Waals surface area (Å²) in [5, 5.41) is 8.37. The number of nitrogens with zero attached hydrogens (tertiary/aromatic N) is 2. The second-order valence-corrected chi connectivity index (χ2v) is 6.98. The van der Waals surface area contributed by atoms with E-state index < -0.39 is 5.91 Å². The Morgan fingerprint density at radius 1 is 1.13 bits per heavy atom. The average molecular weight is 423 g/mol. The molecule has 1 amide bonds. The van der Waals surface area contributed by atoms with E-state index in [1.807, 2.05) is 30.3 Å². The fraction of sp³-hybridized carbons (Fsp3) is 0.0476. The minimum Gasteiger partial charge on any atom is -0.378 e. The zero-order chi connectivity index (χ0) is 21.5. The number of rotatable bonds is 5. The fourth-order valence-corrected chi connectivity index (χ4v) is 3.41. The molecule has 2 heterocycles. The van der Waals surface area contributed by atoms with Crippen LogP contribution in [0.25, 0.3) is 10.9 Å². The van der Waals surface area contributed by atoms with E-state index in [9.17, 15) is 14.0 Å². The molecule has 2 aromatic heterocycles. The number of carbonyl (C=O) groups is 2.